The SMILES string of the molecule is O=C(c1cc2n(c1-c1ccccc1)CSC2)N1CCN(c2cccc(CO)c2)CC1. The molecule has 0 aliphatic carbocycles. The van der Waals surface area contributed by atoms with Gasteiger partial charge in [-0.1, -0.05) is 42.5 Å². The number of hydrogen-bond acceptors (Lipinski definition) is 4. The second-order valence-electron chi connectivity index (χ2n) is 7.78. The first-order valence-corrected chi connectivity index (χ1v) is 11.5. The summed E-state index contributed by atoms with van der Waals surface area (Å²) in [6, 6.07) is 20.4. The first-order valence-electron chi connectivity index (χ1n) is 10.3. The Kier molecular flexibility index (Phi) is 5.27. The fourth-order valence-corrected chi connectivity index (χ4v) is 5.39. The summed E-state index contributed by atoms with van der Waals surface area (Å²) in [5.41, 5.74) is 6.25. The van der Waals surface area contributed by atoms with Crippen molar-refractivity contribution in [3.8, 4) is 11.3 Å². The maximum Gasteiger partial charge on any atom is 0.256 e. The monoisotopic (exact) mass is 419 g/mol. The van der Waals surface area contributed by atoms with Gasteiger partial charge in [-0.05, 0) is 29.3 Å². The molecule has 5 nitrogen and oxygen atoms in total. The van der Waals surface area contributed by atoms with Crippen molar-refractivity contribution in [3.63, 3.8) is 0 Å². The summed E-state index contributed by atoms with van der Waals surface area (Å²) in [7, 11) is 0. The van der Waals surface area contributed by atoms with Crippen molar-refractivity contribution >= 4 is 23.4 Å². The highest BCUT2D eigenvalue weighted by atomic mass is 32.2. The zero-order chi connectivity index (χ0) is 20.5. The van der Waals surface area contributed by atoms with Gasteiger partial charge in [-0.2, -0.15) is 0 Å². The molecule has 0 unspecified atom stereocenters. The molecule has 1 N–H and O–H groups in total. The Morgan fingerprint density at radius 2 is 1.77 bits per heavy atom. The van der Waals surface area contributed by atoms with Gasteiger partial charge in [-0.15, -0.1) is 11.8 Å². The van der Waals surface area contributed by atoms with E-state index < -0.39 is 0 Å². The van der Waals surface area contributed by atoms with E-state index in [1.54, 1.807) is 0 Å². The summed E-state index contributed by atoms with van der Waals surface area (Å²) in [6.45, 7) is 3.04. The Hall–Kier alpha value is -2.70. The molecule has 0 spiro atoms. The number of carbonyl (C=O) groups is 1. The number of aromatic nitrogens is 1. The largest absolute Gasteiger partial charge is 0.392 e. The van der Waals surface area contributed by atoms with Crippen molar-refractivity contribution in [1.29, 1.82) is 0 Å². The molecule has 30 heavy (non-hydrogen) atoms. The van der Waals surface area contributed by atoms with E-state index in [0.29, 0.717) is 13.1 Å². The van der Waals surface area contributed by atoms with Gasteiger partial charge in [0.25, 0.3) is 5.91 Å². The number of carbonyl (C=O) groups excluding carboxylic acids is 1. The molecule has 3 heterocycles. The highest BCUT2D eigenvalue weighted by Crippen LogP contribution is 2.36. The molecule has 0 saturated carbocycles. The van der Waals surface area contributed by atoms with Crippen LogP contribution in [0.5, 0.6) is 0 Å². The average molecular weight is 420 g/mol. The van der Waals surface area contributed by atoms with Gasteiger partial charge in [-0.25, -0.2) is 0 Å². The number of nitrogens with zero attached hydrogens (tertiary/aromatic N) is 3. The molecular weight excluding hydrogens is 394 g/mol. The summed E-state index contributed by atoms with van der Waals surface area (Å²) < 4.78 is 2.30. The first-order chi connectivity index (χ1) is 14.7. The van der Waals surface area contributed by atoms with Crippen LogP contribution in [0.15, 0.2) is 60.7 Å². The van der Waals surface area contributed by atoms with E-state index >= 15 is 0 Å². The molecule has 3 aromatic rings. The van der Waals surface area contributed by atoms with Crippen LogP contribution in [0, 0.1) is 0 Å². The molecule has 2 aliphatic rings. The van der Waals surface area contributed by atoms with E-state index in [1.807, 2.05) is 53.1 Å². The van der Waals surface area contributed by atoms with Crippen molar-refractivity contribution in [1.82, 2.24) is 9.47 Å². The lowest BCUT2D eigenvalue weighted by atomic mass is 10.1. The fourth-order valence-electron chi connectivity index (χ4n) is 4.37. The summed E-state index contributed by atoms with van der Waals surface area (Å²) in [6.07, 6.45) is 0. The van der Waals surface area contributed by atoms with Crippen molar-refractivity contribution in [2.24, 2.45) is 0 Å². The molecule has 2 aliphatic heterocycles. The van der Waals surface area contributed by atoms with Crippen molar-refractivity contribution in [3.05, 3.63) is 77.5 Å². The van der Waals surface area contributed by atoms with Gasteiger partial charge in [0, 0.05) is 43.3 Å². The van der Waals surface area contributed by atoms with E-state index in [-0.39, 0.29) is 12.5 Å². The second kappa shape index (κ2) is 8.20. The third kappa shape index (κ3) is 3.50. The number of benzene rings is 2. The zero-order valence-corrected chi connectivity index (χ0v) is 17.6. The number of piperazine rings is 1. The average Bonchev–Trinajstić information content (AvgIpc) is 3.41. The van der Waals surface area contributed by atoms with Crippen LogP contribution in [0.25, 0.3) is 11.3 Å². The molecule has 0 bridgehead atoms. The van der Waals surface area contributed by atoms with Gasteiger partial charge >= 0.3 is 0 Å². The molecule has 0 atom stereocenters. The quantitative estimate of drug-likeness (QED) is 0.699. The summed E-state index contributed by atoms with van der Waals surface area (Å²) >= 11 is 1.89. The standard InChI is InChI=1S/C24H25N3O2S/c28-15-18-5-4-8-20(13-18)25-9-11-26(12-10-25)24(29)22-14-21-16-30-17-27(21)23(22)19-6-2-1-3-7-19/h1-8,13-14,28H,9-12,15-17H2. The van der Waals surface area contributed by atoms with E-state index in [4.69, 9.17) is 0 Å². The van der Waals surface area contributed by atoms with Crippen LogP contribution in [-0.2, 0) is 18.2 Å². The van der Waals surface area contributed by atoms with E-state index in [2.05, 4.69) is 33.7 Å². The molecule has 1 aromatic heterocycles. The number of hydrogen-bond donors (Lipinski definition) is 1. The van der Waals surface area contributed by atoms with Gasteiger partial charge in [-0.3, -0.25) is 4.79 Å². The Balaban J connectivity index is 1.37. The zero-order valence-electron chi connectivity index (χ0n) is 16.8. The molecule has 154 valence electrons. The Morgan fingerprint density at radius 1 is 0.967 bits per heavy atom. The first kappa shape index (κ1) is 19.3. The maximum absolute atomic E-state index is 13.5. The predicted octanol–water partition coefficient (Wildman–Crippen LogP) is 3.81. The van der Waals surface area contributed by atoms with Crippen LogP contribution >= 0.6 is 11.8 Å². The van der Waals surface area contributed by atoms with E-state index in [0.717, 1.165) is 52.8 Å². The molecule has 1 amide bonds. The lowest BCUT2D eigenvalue weighted by Crippen LogP contribution is -2.48. The number of rotatable bonds is 4. The number of fused-ring (bicyclic) bond motifs is 1. The Bertz CT molecular complexity index is 1060. The molecule has 2 aromatic carbocycles. The number of anilines is 1. The topological polar surface area (TPSA) is 48.7 Å². The molecule has 1 fully saturated rings. The Morgan fingerprint density at radius 3 is 2.53 bits per heavy atom. The maximum atomic E-state index is 13.5. The van der Waals surface area contributed by atoms with Crippen LogP contribution in [0.4, 0.5) is 5.69 Å². The van der Waals surface area contributed by atoms with Gasteiger partial charge in [0.15, 0.2) is 0 Å². The molecule has 1 saturated heterocycles. The minimum atomic E-state index is 0.0478. The van der Waals surface area contributed by atoms with Crippen LogP contribution in [0.3, 0.4) is 0 Å². The van der Waals surface area contributed by atoms with Gasteiger partial charge < -0.3 is 19.5 Å². The smallest absolute Gasteiger partial charge is 0.256 e. The highest BCUT2D eigenvalue weighted by molar-refractivity contribution is 7.97. The number of aliphatic hydroxyl groups excluding tert-OH is 1. The minimum Gasteiger partial charge on any atom is -0.392 e. The highest BCUT2D eigenvalue weighted by Gasteiger charge is 2.29. The summed E-state index contributed by atoms with van der Waals surface area (Å²) in [5.74, 6) is 1.99. The third-order valence-electron chi connectivity index (χ3n) is 5.96. The van der Waals surface area contributed by atoms with Crippen molar-refractivity contribution in [2.45, 2.75) is 18.2 Å². The second-order valence-corrected chi connectivity index (χ2v) is 8.73. The van der Waals surface area contributed by atoms with Gasteiger partial charge in [0.05, 0.1) is 23.7 Å². The number of aliphatic hydroxyl groups is 1. The molecule has 6 heteroatoms. The van der Waals surface area contributed by atoms with E-state index in [1.165, 1.54) is 5.69 Å². The van der Waals surface area contributed by atoms with E-state index in [9.17, 15) is 9.90 Å². The van der Waals surface area contributed by atoms with Crippen LogP contribution in [-0.4, -0.2) is 46.7 Å². The Labute approximate surface area is 180 Å². The molecule has 5 rings (SSSR count). The number of amides is 1. The van der Waals surface area contributed by atoms with Crippen LogP contribution < -0.4 is 4.90 Å². The molecule has 0 radical (unpaired) electrons. The van der Waals surface area contributed by atoms with Gasteiger partial charge in [0.2, 0.25) is 0 Å². The van der Waals surface area contributed by atoms with Gasteiger partial charge in [0.1, 0.15) is 0 Å². The lowest BCUT2D eigenvalue weighted by molar-refractivity contribution is 0.0747. The van der Waals surface area contributed by atoms with Crippen molar-refractivity contribution < 1.29 is 9.90 Å². The fraction of sp³-hybridized carbons (Fsp3) is 0.292. The predicted molar refractivity (Wildman–Crippen MR) is 122 cm³/mol. The van der Waals surface area contributed by atoms with Crippen LogP contribution in [0.2, 0.25) is 0 Å². The summed E-state index contributed by atoms with van der Waals surface area (Å²) in [5, 5.41) is 9.40. The minimum absolute atomic E-state index is 0.0478. The molecular formula is C24H25N3O2S. The summed E-state index contributed by atoms with van der Waals surface area (Å²) in [4.78, 5) is 17.8. The number of thioether (sulfide) groups is 1. The van der Waals surface area contributed by atoms with Crippen LogP contribution in [0.1, 0.15) is 21.6 Å². The van der Waals surface area contributed by atoms with Crippen molar-refractivity contribution in [2.75, 3.05) is 31.1 Å². The normalized spacial score (nSPS) is 16.0. The third-order valence-corrected chi connectivity index (χ3v) is 6.90. The lowest BCUT2D eigenvalue weighted by Gasteiger charge is -2.36.